The molecule has 0 unspecified atom stereocenters. The van der Waals surface area contributed by atoms with E-state index in [1.54, 1.807) is 6.92 Å². The van der Waals surface area contributed by atoms with E-state index in [0.29, 0.717) is 5.56 Å². The second-order valence-corrected chi connectivity index (χ2v) is 7.65. The average molecular weight is 403 g/mol. The molecule has 0 bridgehead atoms. The minimum Gasteiger partial charge on any atom is -0.282 e. The molecule has 1 N–H and O–H groups in total. The standard InChI is InChI=1S/C11H9N3O6S2.2C2H6/c1-7-5-9-8(11(6-7)22(18,19)20)3-2-4-10(9)21(12-15,13-16)14-17;2*1-2/h2-6H,1H3,(H,18,19,20);2*1-2H3. The third-order valence-electron chi connectivity index (χ3n) is 2.95. The normalized spacial score (nSPS) is 11.3. The molecule has 9 nitrogen and oxygen atoms in total. The number of nitrogens with zero attached hydrogens (tertiary/aromatic N) is 3. The van der Waals surface area contributed by atoms with Crippen LogP contribution in [0.15, 0.2) is 53.9 Å². The first-order valence-electron chi connectivity index (χ1n) is 7.67. The molecule has 0 saturated carbocycles. The summed E-state index contributed by atoms with van der Waals surface area (Å²) in [7, 11) is -8.31. The Kier molecular flexibility index (Phi) is 9.18. The van der Waals surface area contributed by atoms with E-state index in [1.807, 2.05) is 27.7 Å². The lowest BCUT2D eigenvalue weighted by molar-refractivity contribution is 0.484. The number of hydrogen-bond acceptors (Lipinski definition) is 8. The van der Waals surface area contributed by atoms with Crippen LogP contribution < -0.4 is 0 Å². The molecule has 0 fully saturated rings. The van der Waals surface area contributed by atoms with E-state index in [1.165, 1.54) is 30.3 Å². The van der Waals surface area contributed by atoms with Crippen molar-refractivity contribution in [1.29, 1.82) is 0 Å². The van der Waals surface area contributed by atoms with E-state index < -0.39 is 25.6 Å². The van der Waals surface area contributed by atoms with Crippen LogP contribution in [-0.2, 0) is 10.1 Å². The van der Waals surface area contributed by atoms with Gasteiger partial charge in [-0.05, 0) is 24.6 Å². The smallest absolute Gasteiger partial charge is 0.282 e. The first-order chi connectivity index (χ1) is 12.3. The third kappa shape index (κ3) is 4.68. The summed E-state index contributed by atoms with van der Waals surface area (Å²) in [5, 5.41) is 0.113. The Bertz CT molecular complexity index is 878. The van der Waals surface area contributed by atoms with Gasteiger partial charge in [0.05, 0.1) is 4.90 Å². The van der Waals surface area contributed by atoms with Gasteiger partial charge in [0.25, 0.3) is 10.1 Å². The van der Waals surface area contributed by atoms with Gasteiger partial charge in [-0.3, -0.25) is 4.55 Å². The van der Waals surface area contributed by atoms with Crippen molar-refractivity contribution in [3.8, 4) is 0 Å². The molecular formula is C15H21N3O6S2. The Labute approximate surface area is 153 Å². The third-order valence-corrected chi connectivity index (χ3v) is 5.41. The summed E-state index contributed by atoms with van der Waals surface area (Å²) in [6.45, 7) is 9.54. The minimum atomic E-state index is -4.55. The Morgan fingerprint density at radius 2 is 1.31 bits per heavy atom. The van der Waals surface area contributed by atoms with Gasteiger partial charge < -0.3 is 0 Å². The fraction of sp³-hybridized carbons (Fsp3) is 0.333. The maximum Gasteiger partial charge on any atom is 0.295 e. The summed E-state index contributed by atoms with van der Waals surface area (Å²) >= 11 is 0. The van der Waals surface area contributed by atoms with Crippen LogP contribution >= 0.6 is 10.6 Å². The monoisotopic (exact) mass is 403 g/mol. The molecule has 2 rings (SSSR count). The highest BCUT2D eigenvalue weighted by atomic mass is 32.3. The van der Waals surface area contributed by atoms with Crippen LogP contribution in [-0.4, -0.2) is 13.0 Å². The maximum atomic E-state index is 11.5. The molecule has 0 radical (unpaired) electrons. The molecule has 0 aliphatic rings. The highest BCUT2D eigenvalue weighted by molar-refractivity contribution is 8.30. The number of fused-ring (bicyclic) bond motifs is 1. The van der Waals surface area contributed by atoms with Gasteiger partial charge in [-0.25, -0.2) is 0 Å². The first kappa shape index (κ1) is 23.8. The van der Waals surface area contributed by atoms with E-state index >= 15 is 0 Å². The molecule has 2 aromatic carbocycles. The van der Waals surface area contributed by atoms with Gasteiger partial charge in [0, 0.05) is 24.5 Å². The largest absolute Gasteiger partial charge is 0.295 e. The van der Waals surface area contributed by atoms with Gasteiger partial charge in [0.2, 0.25) is 0 Å². The summed E-state index contributed by atoms with van der Waals surface area (Å²) in [5.74, 6) is 0. The predicted octanol–water partition coefficient (Wildman–Crippen LogP) is 5.66. The van der Waals surface area contributed by atoms with Crippen LogP contribution in [0.1, 0.15) is 33.3 Å². The highest BCUT2D eigenvalue weighted by Crippen LogP contribution is 2.61. The highest BCUT2D eigenvalue weighted by Gasteiger charge is 2.34. The van der Waals surface area contributed by atoms with Crippen LogP contribution in [0, 0.1) is 21.6 Å². The van der Waals surface area contributed by atoms with Crippen LogP contribution in [0.5, 0.6) is 0 Å². The zero-order chi connectivity index (χ0) is 20.5. The quantitative estimate of drug-likeness (QED) is 0.504. The number of rotatable bonds is 5. The molecule has 144 valence electrons. The predicted molar refractivity (Wildman–Crippen MR) is 104 cm³/mol. The Hall–Kier alpha value is -2.24. The Balaban J connectivity index is 0.00000146. The van der Waals surface area contributed by atoms with E-state index in [2.05, 4.69) is 13.7 Å². The van der Waals surface area contributed by atoms with Gasteiger partial charge in [-0.15, -0.1) is 14.7 Å². The van der Waals surface area contributed by atoms with Crippen molar-refractivity contribution in [3.05, 3.63) is 50.6 Å². The topological polar surface area (TPSA) is 143 Å². The average Bonchev–Trinajstić information content (AvgIpc) is 2.65. The second-order valence-electron chi connectivity index (χ2n) is 4.33. The van der Waals surface area contributed by atoms with Crippen molar-refractivity contribution in [2.24, 2.45) is 13.7 Å². The number of nitroso groups, excluding NO2 is 3. The molecule has 0 heterocycles. The minimum absolute atomic E-state index is 0.0263. The lowest BCUT2D eigenvalue weighted by atomic mass is 10.1. The van der Waals surface area contributed by atoms with Gasteiger partial charge in [0.15, 0.2) is 10.6 Å². The number of aryl methyl sites for hydroxylation is 1. The SMILES string of the molecule is CC.CC.Cc1cc(S(=O)(=O)O)c2cccc(S(N=O)(N=O)N=O)c2c1. The van der Waals surface area contributed by atoms with Crippen molar-refractivity contribution in [3.63, 3.8) is 0 Å². The molecule has 0 aliphatic heterocycles. The molecule has 0 aromatic heterocycles. The van der Waals surface area contributed by atoms with Gasteiger partial charge >= 0.3 is 0 Å². The first-order valence-corrected chi connectivity index (χ1v) is 10.6. The number of hydrogen-bond donors (Lipinski definition) is 1. The number of benzene rings is 2. The van der Waals surface area contributed by atoms with E-state index in [4.69, 9.17) is 0 Å². The fourth-order valence-electron chi connectivity index (χ4n) is 2.08. The van der Waals surface area contributed by atoms with Gasteiger partial charge in [-0.2, -0.15) is 8.42 Å². The van der Waals surface area contributed by atoms with Crippen LogP contribution in [0.4, 0.5) is 0 Å². The molecular weight excluding hydrogens is 382 g/mol. The fourth-order valence-corrected chi connectivity index (χ4v) is 3.91. The lowest BCUT2D eigenvalue weighted by Gasteiger charge is -2.17. The second kappa shape index (κ2) is 10.0. The van der Waals surface area contributed by atoms with Crippen LogP contribution in [0.25, 0.3) is 10.8 Å². The Morgan fingerprint density at radius 3 is 1.73 bits per heavy atom. The molecule has 11 heteroatoms. The molecule has 2 aromatic rings. The molecule has 0 spiro atoms. The van der Waals surface area contributed by atoms with Crippen LogP contribution in [0.3, 0.4) is 0 Å². The summed E-state index contributed by atoms with van der Waals surface area (Å²) < 4.78 is 39.6. The maximum absolute atomic E-state index is 11.5. The molecule has 0 aliphatic carbocycles. The van der Waals surface area contributed by atoms with E-state index in [-0.39, 0.29) is 15.7 Å². The van der Waals surface area contributed by atoms with Gasteiger partial charge in [-0.1, -0.05) is 45.9 Å². The van der Waals surface area contributed by atoms with Crippen LogP contribution in [0.2, 0.25) is 0 Å². The zero-order valence-corrected chi connectivity index (χ0v) is 16.7. The lowest BCUT2D eigenvalue weighted by Crippen LogP contribution is -2.01. The van der Waals surface area contributed by atoms with Crippen molar-refractivity contribution >= 4 is 31.5 Å². The van der Waals surface area contributed by atoms with Crippen molar-refractivity contribution in [2.75, 3.05) is 0 Å². The summed E-state index contributed by atoms with van der Waals surface area (Å²) in [5.41, 5.74) is 0.420. The molecule has 0 atom stereocenters. The molecule has 0 saturated heterocycles. The summed E-state index contributed by atoms with van der Waals surface area (Å²) in [6.07, 6.45) is 0. The molecule has 26 heavy (non-hydrogen) atoms. The van der Waals surface area contributed by atoms with Crippen molar-refractivity contribution < 1.29 is 13.0 Å². The van der Waals surface area contributed by atoms with Gasteiger partial charge in [0.1, 0.15) is 4.90 Å². The van der Waals surface area contributed by atoms with E-state index in [9.17, 15) is 27.7 Å². The van der Waals surface area contributed by atoms with E-state index in [0.717, 1.165) is 0 Å². The Morgan fingerprint density at radius 1 is 0.808 bits per heavy atom. The van der Waals surface area contributed by atoms with Crippen molar-refractivity contribution in [1.82, 2.24) is 0 Å². The zero-order valence-electron chi connectivity index (χ0n) is 15.0. The summed E-state index contributed by atoms with van der Waals surface area (Å²) in [6, 6.07) is 6.57. The summed E-state index contributed by atoms with van der Waals surface area (Å²) in [4.78, 5) is 32.2. The molecule has 0 amide bonds. The van der Waals surface area contributed by atoms with Crippen molar-refractivity contribution in [2.45, 2.75) is 44.4 Å².